The van der Waals surface area contributed by atoms with E-state index in [1.807, 2.05) is 99.0 Å². The lowest BCUT2D eigenvalue weighted by molar-refractivity contribution is -0.145. The van der Waals surface area contributed by atoms with E-state index >= 15 is 0 Å². The van der Waals surface area contributed by atoms with E-state index in [4.69, 9.17) is 4.74 Å². The van der Waals surface area contributed by atoms with Gasteiger partial charge in [-0.2, -0.15) is 0 Å². The lowest BCUT2D eigenvalue weighted by atomic mass is 9.82. The standard InChI is InChI=1S/C36H40N6O5Si/c1-23-34(48(2,3)46)32(15-17-41-22-26(16-18-43)39-40-41)47-36(23)29-20-25(13-14-31(29)42(35(36)45)27-9-5-4-6-10-27)38-33(44)19-24-21-37-30-12-8-7-11-28(24)30/h4-14,20-23,32,34,37,43,46H,15-19H2,1-3H3,(H,38,44)/t23-,32+,34-,36+/m1/s1. The monoisotopic (exact) mass is 664 g/mol. The maximum atomic E-state index is 14.8. The Kier molecular flexibility index (Phi) is 8.28. The molecular formula is C36H40N6O5Si. The maximum absolute atomic E-state index is 14.8. The van der Waals surface area contributed by atoms with Crippen LogP contribution in [-0.2, 0) is 39.3 Å². The second kappa shape index (κ2) is 12.4. The number of aromatic amines is 1. The van der Waals surface area contributed by atoms with Crippen LogP contribution >= 0.6 is 0 Å². The average molecular weight is 665 g/mol. The normalized spacial score (nSPS) is 22.1. The number of aliphatic hydroxyl groups excluding tert-OH is 1. The van der Waals surface area contributed by atoms with Gasteiger partial charge in [0.05, 0.1) is 23.9 Å². The zero-order valence-electron chi connectivity index (χ0n) is 27.3. The first-order valence-electron chi connectivity index (χ1n) is 16.4. The first-order chi connectivity index (χ1) is 23.1. The zero-order valence-corrected chi connectivity index (χ0v) is 28.3. The van der Waals surface area contributed by atoms with Gasteiger partial charge in [-0.3, -0.25) is 19.2 Å². The Bertz CT molecular complexity index is 1970. The van der Waals surface area contributed by atoms with Crippen LogP contribution in [0.5, 0.6) is 0 Å². The van der Waals surface area contributed by atoms with Gasteiger partial charge in [0, 0.05) is 71.3 Å². The summed E-state index contributed by atoms with van der Waals surface area (Å²) in [6.07, 6.45) is 4.33. The number of amides is 2. The number of H-pyrrole nitrogens is 1. The van der Waals surface area contributed by atoms with Gasteiger partial charge in [-0.1, -0.05) is 48.5 Å². The molecule has 12 heteroatoms. The molecule has 3 aromatic carbocycles. The van der Waals surface area contributed by atoms with Gasteiger partial charge in [0.2, 0.25) is 5.91 Å². The number of fused-ring (bicyclic) bond motifs is 3. The Morgan fingerprint density at radius 2 is 1.88 bits per heavy atom. The highest BCUT2D eigenvalue weighted by molar-refractivity contribution is 6.71. The minimum Gasteiger partial charge on any atom is -0.432 e. The second-order valence-electron chi connectivity index (χ2n) is 13.4. The van der Waals surface area contributed by atoms with E-state index in [0.717, 1.165) is 16.5 Å². The molecule has 11 nitrogen and oxygen atoms in total. The largest absolute Gasteiger partial charge is 0.432 e. The number of carbonyl (C=O) groups is 2. The molecule has 5 aromatic rings. The molecule has 4 N–H and O–H groups in total. The molecule has 7 rings (SSSR count). The van der Waals surface area contributed by atoms with E-state index in [1.54, 1.807) is 15.8 Å². The molecule has 0 aliphatic carbocycles. The fraction of sp³-hybridized carbons (Fsp3) is 0.333. The van der Waals surface area contributed by atoms with Gasteiger partial charge >= 0.3 is 0 Å². The predicted octanol–water partition coefficient (Wildman–Crippen LogP) is 5.04. The molecule has 0 unspecified atom stereocenters. The highest BCUT2D eigenvalue weighted by Crippen LogP contribution is 2.61. The molecule has 248 valence electrons. The summed E-state index contributed by atoms with van der Waals surface area (Å²) in [5.41, 5.74) is 3.56. The number of aromatic nitrogens is 4. The van der Waals surface area contributed by atoms with Crippen molar-refractivity contribution in [3.05, 3.63) is 102 Å². The number of hydrogen-bond donors (Lipinski definition) is 4. The van der Waals surface area contributed by atoms with E-state index in [1.165, 1.54) is 0 Å². The van der Waals surface area contributed by atoms with Crippen LogP contribution < -0.4 is 10.2 Å². The summed E-state index contributed by atoms with van der Waals surface area (Å²) in [5, 5.41) is 21.7. The SMILES string of the molecule is C[C@@H]1[C@@H]([Si](C)(C)O)[C@H](CCn2cc(CCO)nn2)O[C@@]12C(=O)N(c1ccccc1)c1ccc(NC(=O)Cc3c[nH]c4ccccc34)cc12. The summed E-state index contributed by atoms with van der Waals surface area (Å²) < 4.78 is 8.70. The van der Waals surface area contributed by atoms with Crippen molar-refractivity contribution in [1.82, 2.24) is 20.0 Å². The van der Waals surface area contributed by atoms with Gasteiger partial charge < -0.3 is 24.9 Å². The van der Waals surface area contributed by atoms with Crippen LogP contribution in [0.2, 0.25) is 18.6 Å². The van der Waals surface area contributed by atoms with Gasteiger partial charge in [-0.05, 0) is 61.5 Å². The summed E-state index contributed by atoms with van der Waals surface area (Å²) in [5.74, 6) is -0.756. The molecule has 0 saturated carbocycles. The van der Waals surface area contributed by atoms with Crippen molar-refractivity contribution in [2.45, 2.75) is 63.1 Å². The van der Waals surface area contributed by atoms with Gasteiger partial charge in [-0.15, -0.1) is 5.10 Å². The number of hydrogen-bond acceptors (Lipinski definition) is 7. The third-order valence-corrected chi connectivity index (χ3v) is 12.3. The number of benzene rings is 3. The Morgan fingerprint density at radius 3 is 2.65 bits per heavy atom. The number of aliphatic hydroxyl groups is 1. The number of para-hydroxylation sites is 2. The highest BCUT2D eigenvalue weighted by Gasteiger charge is 2.66. The Labute approximate surface area is 279 Å². The van der Waals surface area contributed by atoms with Gasteiger partial charge in [-0.25, -0.2) is 0 Å². The third kappa shape index (κ3) is 5.54. The van der Waals surface area contributed by atoms with Crippen molar-refractivity contribution in [3.8, 4) is 0 Å². The Hall–Kier alpha value is -4.62. The van der Waals surface area contributed by atoms with E-state index in [9.17, 15) is 19.5 Å². The summed E-state index contributed by atoms with van der Waals surface area (Å²) in [7, 11) is -2.89. The first-order valence-corrected chi connectivity index (χ1v) is 19.4. The molecule has 48 heavy (non-hydrogen) atoms. The van der Waals surface area contributed by atoms with Crippen LogP contribution in [0.25, 0.3) is 10.9 Å². The molecule has 2 aliphatic heterocycles. The van der Waals surface area contributed by atoms with Crippen LogP contribution in [0.3, 0.4) is 0 Å². The minimum atomic E-state index is -2.89. The van der Waals surface area contributed by atoms with Crippen molar-refractivity contribution < 1.29 is 24.2 Å². The number of nitrogens with zero attached hydrogens (tertiary/aromatic N) is 4. The fourth-order valence-corrected chi connectivity index (χ4v) is 10.4. The van der Waals surface area contributed by atoms with Crippen LogP contribution in [-0.4, -0.2) is 62.7 Å². The Balaban J connectivity index is 1.24. The number of nitrogens with one attached hydrogen (secondary N) is 2. The van der Waals surface area contributed by atoms with Crippen molar-refractivity contribution in [2.75, 3.05) is 16.8 Å². The quantitative estimate of drug-likeness (QED) is 0.153. The second-order valence-corrected chi connectivity index (χ2v) is 17.4. The molecule has 2 aliphatic rings. The Morgan fingerprint density at radius 1 is 1.10 bits per heavy atom. The van der Waals surface area contributed by atoms with E-state index in [0.29, 0.717) is 47.7 Å². The number of aryl methyl sites for hydroxylation is 1. The summed E-state index contributed by atoms with van der Waals surface area (Å²) >= 11 is 0. The van der Waals surface area contributed by atoms with Crippen LogP contribution in [0.15, 0.2) is 85.2 Å². The molecule has 2 amide bonds. The first kappa shape index (κ1) is 31.9. The average Bonchev–Trinajstić information content (AvgIpc) is 3.81. The van der Waals surface area contributed by atoms with E-state index in [-0.39, 0.29) is 36.3 Å². The molecule has 1 spiro atoms. The van der Waals surface area contributed by atoms with E-state index in [2.05, 4.69) is 20.6 Å². The van der Waals surface area contributed by atoms with Gasteiger partial charge in [0.25, 0.3) is 5.91 Å². The number of rotatable bonds is 10. The van der Waals surface area contributed by atoms with Crippen molar-refractivity contribution >= 4 is 48.1 Å². The number of ether oxygens (including phenoxy) is 1. The molecule has 2 aromatic heterocycles. The molecule has 1 saturated heterocycles. The molecule has 4 atom stereocenters. The van der Waals surface area contributed by atoms with Crippen molar-refractivity contribution in [2.24, 2.45) is 5.92 Å². The molecule has 0 bridgehead atoms. The maximum Gasteiger partial charge on any atom is 0.268 e. The number of carbonyl (C=O) groups excluding carboxylic acids is 2. The summed E-state index contributed by atoms with van der Waals surface area (Å²) in [4.78, 5) is 44.8. The smallest absolute Gasteiger partial charge is 0.268 e. The molecule has 4 heterocycles. The van der Waals surface area contributed by atoms with Crippen molar-refractivity contribution in [1.29, 1.82) is 0 Å². The summed E-state index contributed by atoms with van der Waals surface area (Å²) in [6, 6.07) is 22.9. The zero-order chi connectivity index (χ0) is 33.6. The van der Waals surface area contributed by atoms with Crippen molar-refractivity contribution in [3.63, 3.8) is 0 Å². The van der Waals surface area contributed by atoms with Gasteiger partial charge in [0.15, 0.2) is 13.9 Å². The van der Waals surface area contributed by atoms with Crippen LogP contribution in [0.4, 0.5) is 17.1 Å². The van der Waals surface area contributed by atoms with Crippen LogP contribution in [0.1, 0.15) is 30.2 Å². The minimum absolute atomic E-state index is 0.0122. The lowest BCUT2D eigenvalue weighted by Crippen LogP contribution is -2.45. The molecular weight excluding hydrogens is 625 g/mol. The lowest BCUT2D eigenvalue weighted by Gasteiger charge is -2.32. The summed E-state index contributed by atoms with van der Waals surface area (Å²) in [6.45, 7) is 6.26. The molecule has 1 fully saturated rings. The fourth-order valence-electron chi connectivity index (χ4n) is 7.78. The topological polar surface area (TPSA) is 146 Å². The number of anilines is 3. The third-order valence-electron chi connectivity index (χ3n) is 9.81. The molecule has 0 radical (unpaired) electrons. The van der Waals surface area contributed by atoms with Gasteiger partial charge in [0.1, 0.15) is 0 Å². The van der Waals surface area contributed by atoms with E-state index < -0.39 is 20.0 Å². The van der Waals surface area contributed by atoms with Crippen LogP contribution in [0, 0.1) is 5.92 Å². The predicted molar refractivity (Wildman–Crippen MR) is 185 cm³/mol. The highest BCUT2D eigenvalue weighted by atomic mass is 28.4.